The molecular weight excluding hydrogens is 326 g/mol. The number of hydrogen-bond acceptors (Lipinski definition) is 4. The van der Waals surface area contributed by atoms with Crippen LogP contribution in [0.2, 0.25) is 0 Å². The number of unbranched alkanes of at least 4 members (excludes halogenated alkanes) is 9. The van der Waals surface area contributed by atoms with Crippen molar-refractivity contribution < 1.29 is 13.3 Å². The Morgan fingerprint density at radius 3 is 2.08 bits per heavy atom. The third-order valence-corrected chi connectivity index (χ3v) is 5.88. The smallest absolute Gasteiger partial charge is 0.258 e. The molecule has 5 nitrogen and oxygen atoms in total. The SMILES string of the molecule is CCCCCCCCCCCCS(=O)(=O)c1cc[c]c([N+](=O)[O-])c1. The van der Waals surface area contributed by atoms with Crippen molar-refractivity contribution >= 4 is 15.5 Å². The minimum absolute atomic E-state index is 0.0175. The average molecular weight is 354 g/mol. The molecule has 6 heteroatoms. The molecule has 135 valence electrons. The quantitative estimate of drug-likeness (QED) is 0.281. The van der Waals surface area contributed by atoms with Gasteiger partial charge >= 0.3 is 0 Å². The fourth-order valence-electron chi connectivity index (χ4n) is 2.63. The maximum Gasteiger partial charge on any atom is 0.278 e. The van der Waals surface area contributed by atoms with Crippen LogP contribution in [0.1, 0.15) is 71.1 Å². The predicted octanol–water partition coefficient (Wildman–Crippen LogP) is 5.09. The average Bonchev–Trinajstić information content (AvgIpc) is 2.56. The Morgan fingerprint density at radius 1 is 1.00 bits per heavy atom. The highest BCUT2D eigenvalue weighted by atomic mass is 32.2. The molecule has 1 rings (SSSR count). The van der Waals surface area contributed by atoms with E-state index in [1.807, 2.05) is 0 Å². The lowest BCUT2D eigenvalue weighted by Gasteiger charge is -2.05. The van der Waals surface area contributed by atoms with E-state index in [2.05, 4.69) is 13.0 Å². The van der Waals surface area contributed by atoms with Gasteiger partial charge in [-0.25, -0.2) is 8.42 Å². The maximum absolute atomic E-state index is 12.2. The molecule has 0 unspecified atom stereocenters. The number of sulfone groups is 1. The van der Waals surface area contributed by atoms with Crippen molar-refractivity contribution in [1.29, 1.82) is 0 Å². The molecule has 0 amide bonds. The largest absolute Gasteiger partial charge is 0.278 e. The standard InChI is InChI=1S/C18H28NO4S/c1-2-3-4-5-6-7-8-9-10-11-15-24(22,23)18-14-12-13-17(16-18)19(20)21/h12,14,16H,2-11,15H2,1H3. The zero-order chi connectivity index (χ0) is 17.8. The van der Waals surface area contributed by atoms with Gasteiger partial charge in [0.25, 0.3) is 5.69 Å². The van der Waals surface area contributed by atoms with Gasteiger partial charge in [0.05, 0.1) is 21.6 Å². The van der Waals surface area contributed by atoms with Crippen molar-refractivity contribution in [2.45, 2.75) is 76.0 Å². The molecule has 0 aliphatic heterocycles. The van der Waals surface area contributed by atoms with Crippen LogP contribution in [0, 0.1) is 16.2 Å². The summed E-state index contributed by atoms with van der Waals surface area (Å²) in [5.74, 6) is 0.0463. The first kappa shape index (κ1) is 20.6. The molecule has 0 bridgehead atoms. The predicted molar refractivity (Wildman–Crippen MR) is 95.8 cm³/mol. The van der Waals surface area contributed by atoms with E-state index in [1.54, 1.807) is 0 Å². The fourth-order valence-corrected chi connectivity index (χ4v) is 4.02. The van der Waals surface area contributed by atoms with Crippen molar-refractivity contribution in [2.24, 2.45) is 0 Å². The molecular formula is C18H28NO4S. The molecule has 0 saturated heterocycles. The molecule has 0 spiro atoms. The van der Waals surface area contributed by atoms with Crippen LogP contribution in [0.3, 0.4) is 0 Å². The molecule has 0 saturated carbocycles. The summed E-state index contributed by atoms with van der Waals surface area (Å²) in [6.07, 6.45) is 11.4. The van der Waals surface area contributed by atoms with Crippen LogP contribution in [0.5, 0.6) is 0 Å². The summed E-state index contributed by atoms with van der Waals surface area (Å²) in [6, 6.07) is 6.18. The second-order valence-corrected chi connectivity index (χ2v) is 8.28. The number of rotatable bonds is 13. The molecule has 0 aliphatic rings. The first-order valence-electron chi connectivity index (χ1n) is 8.86. The van der Waals surface area contributed by atoms with E-state index >= 15 is 0 Å². The Bertz CT molecular complexity index is 599. The van der Waals surface area contributed by atoms with Gasteiger partial charge in [-0.2, -0.15) is 0 Å². The topological polar surface area (TPSA) is 77.3 Å². The van der Waals surface area contributed by atoms with E-state index in [-0.39, 0.29) is 16.3 Å². The van der Waals surface area contributed by atoms with Crippen LogP contribution in [-0.4, -0.2) is 19.1 Å². The van der Waals surface area contributed by atoms with Gasteiger partial charge in [-0.3, -0.25) is 10.1 Å². The fraction of sp³-hybridized carbons (Fsp3) is 0.667. The lowest BCUT2D eigenvalue weighted by molar-refractivity contribution is -0.385. The van der Waals surface area contributed by atoms with Gasteiger partial charge in [-0.1, -0.05) is 64.7 Å². The molecule has 0 atom stereocenters. The van der Waals surface area contributed by atoms with Gasteiger partial charge in [-0.15, -0.1) is 0 Å². The third-order valence-electron chi connectivity index (χ3n) is 4.08. The van der Waals surface area contributed by atoms with Gasteiger partial charge < -0.3 is 0 Å². The minimum atomic E-state index is -3.45. The number of hydrogen-bond donors (Lipinski definition) is 0. The number of nitro groups is 1. The summed E-state index contributed by atoms with van der Waals surface area (Å²) in [7, 11) is -3.45. The molecule has 0 aliphatic carbocycles. The van der Waals surface area contributed by atoms with E-state index in [0.717, 1.165) is 25.3 Å². The van der Waals surface area contributed by atoms with E-state index in [9.17, 15) is 18.5 Å². The van der Waals surface area contributed by atoms with E-state index in [0.29, 0.717) is 6.42 Å². The summed E-state index contributed by atoms with van der Waals surface area (Å²) >= 11 is 0. The van der Waals surface area contributed by atoms with Crippen molar-refractivity contribution in [3.63, 3.8) is 0 Å². The van der Waals surface area contributed by atoms with E-state index in [1.165, 1.54) is 50.7 Å². The van der Waals surface area contributed by atoms with Gasteiger partial charge in [0.15, 0.2) is 9.84 Å². The second-order valence-electron chi connectivity index (χ2n) is 6.17. The first-order chi connectivity index (χ1) is 11.5. The number of non-ortho nitro benzene ring substituents is 1. The van der Waals surface area contributed by atoms with Gasteiger partial charge in [-0.05, 0) is 18.6 Å². The van der Waals surface area contributed by atoms with Crippen molar-refractivity contribution in [2.75, 3.05) is 5.75 Å². The van der Waals surface area contributed by atoms with Gasteiger partial charge in [0, 0.05) is 6.07 Å². The molecule has 0 fully saturated rings. The summed E-state index contributed by atoms with van der Waals surface area (Å²) in [4.78, 5) is 10.1. The maximum atomic E-state index is 12.2. The molecule has 0 aromatic heterocycles. The van der Waals surface area contributed by atoms with Crippen LogP contribution >= 0.6 is 0 Å². The van der Waals surface area contributed by atoms with Gasteiger partial charge in [0.1, 0.15) is 0 Å². The molecule has 1 aromatic rings. The highest BCUT2D eigenvalue weighted by Gasteiger charge is 2.17. The minimum Gasteiger partial charge on any atom is -0.258 e. The highest BCUT2D eigenvalue weighted by molar-refractivity contribution is 7.91. The highest BCUT2D eigenvalue weighted by Crippen LogP contribution is 2.19. The Morgan fingerprint density at radius 2 is 1.54 bits per heavy atom. The monoisotopic (exact) mass is 354 g/mol. The first-order valence-corrected chi connectivity index (χ1v) is 10.5. The van der Waals surface area contributed by atoms with Crippen molar-refractivity contribution in [1.82, 2.24) is 0 Å². The Balaban J connectivity index is 2.24. The van der Waals surface area contributed by atoms with Crippen LogP contribution in [0.15, 0.2) is 23.1 Å². The Hall–Kier alpha value is -1.43. The molecule has 1 radical (unpaired) electrons. The Kier molecular flexibility index (Phi) is 9.60. The van der Waals surface area contributed by atoms with Crippen molar-refractivity contribution in [3.8, 4) is 0 Å². The lowest BCUT2D eigenvalue weighted by atomic mass is 10.1. The van der Waals surface area contributed by atoms with E-state index in [4.69, 9.17) is 0 Å². The third kappa shape index (κ3) is 7.90. The number of nitrogens with zero attached hydrogens (tertiary/aromatic N) is 1. The zero-order valence-corrected chi connectivity index (χ0v) is 15.3. The normalized spacial score (nSPS) is 11.5. The second kappa shape index (κ2) is 11.2. The van der Waals surface area contributed by atoms with Crippen LogP contribution < -0.4 is 0 Å². The van der Waals surface area contributed by atoms with Crippen LogP contribution in [-0.2, 0) is 9.84 Å². The van der Waals surface area contributed by atoms with Crippen LogP contribution in [0.25, 0.3) is 0 Å². The number of nitro benzene ring substituents is 1. The summed E-state index contributed by atoms with van der Waals surface area (Å²) < 4.78 is 24.4. The molecule has 24 heavy (non-hydrogen) atoms. The van der Waals surface area contributed by atoms with E-state index < -0.39 is 14.8 Å². The Labute approximate surface area is 145 Å². The lowest BCUT2D eigenvalue weighted by Crippen LogP contribution is -2.07. The van der Waals surface area contributed by atoms with Crippen LogP contribution in [0.4, 0.5) is 5.69 Å². The molecule has 0 heterocycles. The van der Waals surface area contributed by atoms with Crippen molar-refractivity contribution in [3.05, 3.63) is 34.4 Å². The zero-order valence-electron chi connectivity index (χ0n) is 14.5. The summed E-state index contributed by atoms with van der Waals surface area (Å²) in [5.41, 5.74) is -0.306. The summed E-state index contributed by atoms with van der Waals surface area (Å²) in [5, 5.41) is 10.7. The van der Waals surface area contributed by atoms with Gasteiger partial charge in [0.2, 0.25) is 0 Å². The summed E-state index contributed by atoms with van der Waals surface area (Å²) in [6.45, 7) is 2.21. The number of benzene rings is 1. The molecule has 1 aromatic carbocycles. The molecule has 0 N–H and O–H groups in total.